The van der Waals surface area contributed by atoms with Gasteiger partial charge in [-0.25, -0.2) is 0 Å². The Bertz CT molecular complexity index is 550. The van der Waals surface area contributed by atoms with Gasteiger partial charge in [-0.1, -0.05) is 47.2 Å². The van der Waals surface area contributed by atoms with Crippen molar-refractivity contribution in [3.63, 3.8) is 0 Å². The first-order valence-electron chi connectivity index (χ1n) is 4.73. The Morgan fingerprint density at radius 2 is 1.38 bits per heavy atom. The van der Waals surface area contributed by atoms with Gasteiger partial charge in [0, 0.05) is 0 Å². The van der Waals surface area contributed by atoms with E-state index in [1.807, 2.05) is 6.07 Å². The summed E-state index contributed by atoms with van der Waals surface area (Å²) < 4.78 is 0. The molecule has 0 radical (unpaired) electrons. The molecule has 16 heavy (non-hydrogen) atoms. The molecule has 0 aliphatic heterocycles. The molecule has 0 fully saturated rings. The second-order valence-electron chi connectivity index (χ2n) is 3.42. The smallest absolute Gasteiger partial charge is 1.00 e. The molecule has 2 heteroatoms. The number of rotatable bonds is 0. The number of halogens is 1. The van der Waals surface area contributed by atoms with Crippen molar-refractivity contribution >= 4 is 21.5 Å². The largest absolute Gasteiger partial charge is 2.00 e. The van der Waals surface area contributed by atoms with E-state index in [1.54, 1.807) is 0 Å². The average molecular weight is 370 g/mol. The molecule has 0 heterocycles. The molecular weight excluding hydrogens is 360 g/mol. The van der Waals surface area contributed by atoms with Crippen molar-refractivity contribution in [2.24, 2.45) is 0 Å². The Morgan fingerprint density at radius 3 is 2.19 bits per heavy atom. The Hall–Kier alpha value is -0.467. The van der Waals surface area contributed by atoms with Gasteiger partial charge in [-0.05, 0) is 0 Å². The monoisotopic (exact) mass is 368 g/mol. The SMILES string of the molecule is [I-].[Zn+2].[c-]1cc2ccccc2c2ccccc12. The van der Waals surface area contributed by atoms with Crippen LogP contribution in [0.3, 0.4) is 0 Å². The summed E-state index contributed by atoms with van der Waals surface area (Å²) in [5.41, 5.74) is 0. The van der Waals surface area contributed by atoms with Gasteiger partial charge < -0.3 is 24.0 Å². The second-order valence-corrected chi connectivity index (χ2v) is 3.42. The van der Waals surface area contributed by atoms with Crippen LogP contribution in [-0.4, -0.2) is 0 Å². The summed E-state index contributed by atoms with van der Waals surface area (Å²) in [6.07, 6.45) is 0. The average Bonchev–Trinajstić information content (AvgIpc) is 2.29. The van der Waals surface area contributed by atoms with E-state index in [2.05, 4.69) is 54.6 Å². The molecule has 0 aromatic heterocycles. The molecule has 0 nitrogen and oxygen atoms in total. The summed E-state index contributed by atoms with van der Waals surface area (Å²) in [5.74, 6) is 0. The molecule has 0 saturated heterocycles. The number of fused-ring (bicyclic) bond motifs is 3. The van der Waals surface area contributed by atoms with Crippen LogP contribution in [0.25, 0.3) is 21.5 Å². The molecule has 3 aromatic carbocycles. The van der Waals surface area contributed by atoms with Crippen molar-refractivity contribution in [3.05, 3.63) is 60.7 Å². The van der Waals surface area contributed by atoms with Crippen molar-refractivity contribution in [2.75, 3.05) is 0 Å². The van der Waals surface area contributed by atoms with Crippen molar-refractivity contribution in [2.45, 2.75) is 0 Å². The standard InChI is InChI=1S/C14H9.HI.Zn/c1-3-7-13-11(5-1)9-10-12-6-2-4-8-14(12)13;;/h1-9H;1H;/q-1;;+2/p-1. The molecule has 0 saturated carbocycles. The third-order valence-corrected chi connectivity index (χ3v) is 2.56. The van der Waals surface area contributed by atoms with Crippen LogP contribution in [0.2, 0.25) is 0 Å². The minimum atomic E-state index is 0. The van der Waals surface area contributed by atoms with E-state index in [4.69, 9.17) is 0 Å². The number of hydrogen-bond donors (Lipinski definition) is 0. The van der Waals surface area contributed by atoms with Gasteiger partial charge in [-0.15, -0.1) is 35.0 Å². The zero-order valence-corrected chi connectivity index (χ0v) is 13.9. The second kappa shape index (κ2) is 5.74. The quantitative estimate of drug-likeness (QED) is 0.238. The van der Waals surface area contributed by atoms with Gasteiger partial charge in [-0.2, -0.15) is 0 Å². The van der Waals surface area contributed by atoms with Crippen LogP contribution in [0.5, 0.6) is 0 Å². The van der Waals surface area contributed by atoms with Crippen LogP contribution >= 0.6 is 0 Å². The van der Waals surface area contributed by atoms with Crippen LogP contribution in [0, 0.1) is 6.07 Å². The molecule has 0 aliphatic rings. The normalized spacial score (nSPS) is 9.50. The fourth-order valence-electron chi connectivity index (χ4n) is 1.87. The predicted molar refractivity (Wildman–Crippen MR) is 60.3 cm³/mol. The predicted octanol–water partition coefficient (Wildman–Crippen LogP) is 0.795. The summed E-state index contributed by atoms with van der Waals surface area (Å²) in [6, 6.07) is 22.1. The molecule has 0 unspecified atom stereocenters. The topological polar surface area (TPSA) is 0 Å². The van der Waals surface area contributed by atoms with Crippen LogP contribution in [0.15, 0.2) is 54.6 Å². The minimum Gasteiger partial charge on any atom is -1.00 e. The van der Waals surface area contributed by atoms with E-state index in [-0.39, 0.29) is 43.5 Å². The molecule has 0 aliphatic carbocycles. The summed E-state index contributed by atoms with van der Waals surface area (Å²) in [7, 11) is 0. The maximum Gasteiger partial charge on any atom is 2.00 e. The van der Waals surface area contributed by atoms with Crippen LogP contribution < -0.4 is 24.0 Å². The van der Waals surface area contributed by atoms with Gasteiger partial charge in [0.05, 0.1) is 0 Å². The van der Waals surface area contributed by atoms with Crippen molar-refractivity contribution in [3.8, 4) is 0 Å². The van der Waals surface area contributed by atoms with E-state index >= 15 is 0 Å². The summed E-state index contributed by atoms with van der Waals surface area (Å²) >= 11 is 0. The van der Waals surface area contributed by atoms with Crippen LogP contribution in [-0.2, 0) is 19.5 Å². The summed E-state index contributed by atoms with van der Waals surface area (Å²) in [4.78, 5) is 0. The third-order valence-electron chi connectivity index (χ3n) is 2.56. The number of hydrogen-bond acceptors (Lipinski definition) is 0. The van der Waals surface area contributed by atoms with E-state index in [9.17, 15) is 0 Å². The molecule has 74 valence electrons. The fraction of sp³-hybridized carbons (Fsp3) is 0. The van der Waals surface area contributed by atoms with E-state index in [1.165, 1.54) is 21.5 Å². The van der Waals surface area contributed by atoms with Gasteiger partial charge in [0.2, 0.25) is 0 Å². The van der Waals surface area contributed by atoms with E-state index in [0.29, 0.717) is 0 Å². The van der Waals surface area contributed by atoms with E-state index < -0.39 is 0 Å². The Balaban J connectivity index is 0.000000640. The summed E-state index contributed by atoms with van der Waals surface area (Å²) in [6.45, 7) is 0. The van der Waals surface area contributed by atoms with Crippen molar-refractivity contribution in [1.82, 2.24) is 0 Å². The van der Waals surface area contributed by atoms with Crippen LogP contribution in [0.4, 0.5) is 0 Å². The first kappa shape index (κ1) is 13.6. The van der Waals surface area contributed by atoms with Gasteiger partial charge >= 0.3 is 19.5 Å². The first-order chi connectivity index (χ1) is 6.95. The molecule has 0 amide bonds. The molecule has 3 rings (SSSR count). The van der Waals surface area contributed by atoms with Crippen LogP contribution in [0.1, 0.15) is 0 Å². The van der Waals surface area contributed by atoms with Gasteiger partial charge in [0.1, 0.15) is 0 Å². The van der Waals surface area contributed by atoms with Crippen molar-refractivity contribution < 1.29 is 43.5 Å². The Morgan fingerprint density at radius 1 is 0.750 bits per heavy atom. The van der Waals surface area contributed by atoms with E-state index in [0.717, 1.165) is 0 Å². The number of benzene rings is 3. The van der Waals surface area contributed by atoms with Gasteiger partial charge in [-0.3, -0.25) is 0 Å². The molecular formula is C14H9IZn. The molecule has 0 bridgehead atoms. The zero-order valence-electron chi connectivity index (χ0n) is 8.78. The summed E-state index contributed by atoms with van der Waals surface area (Å²) in [5, 5.41) is 5.03. The van der Waals surface area contributed by atoms with Gasteiger partial charge in [0.25, 0.3) is 0 Å². The maximum atomic E-state index is 3.29. The molecule has 0 atom stereocenters. The minimum absolute atomic E-state index is 0. The third kappa shape index (κ3) is 2.28. The molecule has 0 spiro atoms. The van der Waals surface area contributed by atoms with Crippen molar-refractivity contribution in [1.29, 1.82) is 0 Å². The molecule has 3 aromatic rings. The fourth-order valence-corrected chi connectivity index (χ4v) is 1.87. The maximum absolute atomic E-state index is 3.29. The Kier molecular flexibility index (Phi) is 4.88. The molecule has 0 N–H and O–H groups in total. The van der Waals surface area contributed by atoms with Gasteiger partial charge in [0.15, 0.2) is 0 Å². The first-order valence-corrected chi connectivity index (χ1v) is 4.73. The zero-order chi connectivity index (χ0) is 9.38. The Labute approximate surface area is 125 Å².